The average Bonchev–Trinajstić information content (AvgIpc) is 2.53. The van der Waals surface area contributed by atoms with Crippen molar-refractivity contribution in [3.63, 3.8) is 0 Å². The van der Waals surface area contributed by atoms with E-state index in [1.807, 2.05) is 0 Å². The Kier molecular flexibility index (Phi) is 4.53. The number of likely N-dealkylation sites (tertiary alicyclic amines) is 1. The summed E-state index contributed by atoms with van der Waals surface area (Å²) in [4.78, 5) is 45.0. The Balaban J connectivity index is 2.24. The summed E-state index contributed by atoms with van der Waals surface area (Å²) in [6.07, 6.45) is 0.802. The van der Waals surface area contributed by atoms with Gasteiger partial charge in [-0.1, -0.05) is 0 Å². The lowest BCUT2D eigenvalue weighted by Gasteiger charge is -2.30. The van der Waals surface area contributed by atoms with Crippen molar-refractivity contribution in [3.8, 4) is 0 Å². The molecular weight excluding hydrogens is 308 g/mol. The third-order valence-electron chi connectivity index (χ3n) is 3.76. The number of carbonyl (C=O) groups excluding carboxylic acids is 2. The van der Waals surface area contributed by atoms with Gasteiger partial charge in [0.1, 0.15) is 0 Å². The van der Waals surface area contributed by atoms with Gasteiger partial charge in [0, 0.05) is 31.1 Å². The number of hydrogen-bond donors (Lipinski definition) is 1. The molecule has 2 rings (SSSR count). The third kappa shape index (κ3) is 3.59. The summed E-state index contributed by atoms with van der Waals surface area (Å²) in [5.41, 5.74) is 4.05. The molecule has 0 aromatic heterocycles. The maximum Gasteiger partial charge on any atom is 0.277 e. The molecule has 0 spiro atoms. The highest BCUT2D eigenvalue weighted by molar-refractivity contribution is 5.95. The minimum atomic E-state index is -0.789. The van der Waals surface area contributed by atoms with Crippen LogP contribution >= 0.6 is 0 Å². The molecule has 1 saturated heterocycles. The fraction of sp³-hybridized carbons (Fsp3) is 0.385. The van der Waals surface area contributed by atoms with E-state index in [4.69, 9.17) is 5.73 Å². The van der Waals surface area contributed by atoms with E-state index >= 15 is 0 Å². The summed E-state index contributed by atoms with van der Waals surface area (Å²) in [5.74, 6) is -1.28. The summed E-state index contributed by atoms with van der Waals surface area (Å²) in [7, 11) is 0. The molecule has 0 bridgehead atoms. The fourth-order valence-electron chi connectivity index (χ4n) is 2.48. The van der Waals surface area contributed by atoms with Crippen molar-refractivity contribution in [2.75, 3.05) is 13.1 Å². The molecule has 1 aromatic rings. The molecule has 0 radical (unpaired) electrons. The van der Waals surface area contributed by atoms with Crippen molar-refractivity contribution in [2.24, 2.45) is 11.7 Å². The second-order valence-electron chi connectivity index (χ2n) is 5.22. The van der Waals surface area contributed by atoms with Crippen LogP contribution in [-0.4, -0.2) is 39.7 Å². The van der Waals surface area contributed by atoms with Crippen molar-refractivity contribution >= 4 is 23.2 Å². The van der Waals surface area contributed by atoms with Gasteiger partial charge in [0.2, 0.25) is 5.91 Å². The van der Waals surface area contributed by atoms with E-state index in [1.165, 1.54) is 4.90 Å². The van der Waals surface area contributed by atoms with Crippen LogP contribution in [0.15, 0.2) is 18.2 Å². The molecule has 2 amide bonds. The van der Waals surface area contributed by atoms with Gasteiger partial charge >= 0.3 is 0 Å². The van der Waals surface area contributed by atoms with Crippen molar-refractivity contribution in [2.45, 2.75) is 12.8 Å². The second-order valence-corrected chi connectivity index (χ2v) is 5.22. The van der Waals surface area contributed by atoms with Crippen molar-refractivity contribution in [3.05, 3.63) is 44.0 Å². The predicted octanol–water partition coefficient (Wildman–Crippen LogP) is 0.840. The van der Waals surface area contributed by atoms with Crippen LogP contribution in [-0.2, 0) is 4.79 Å². The zero-order valence-electron chi connectivity index (χ0n) is 12.0. The van der Waals surface area contributed by atoms with Crippen molar-refractivity contribution < 1.29 is 19.4 Å². The molecule has 1 aliphatic rings. The monoisotopic (exact) mass is 322 g/mol. The number of nitrogens with zero attached hydrogens (tertiary/aromatic N) is 3. The molecular formula is C13H14N4O6. The number of non-ortho nitro benzene ring substituents is 2. The van der Waals surface area contributed by atoms with Gasteiger partial charge in [-0.2, -0.15) is 0 Å². The number of nitrogens with two attached hydrogens (primary N) is 1. The van der Waals surface area contributed by atoms with E-state index in [0.717, 1.165) is 18.2 Å². The largest absolute Gasteiger partial charge is 0.369 e. The molecule has 0 unspecified atom stereocenters. The molecule has 1 aliphatic heterocycles. The van der Waals surface area contributed by atoms with Crippen molar-refractivity contribution in [1.29, 1.82) is 0 Å². The van der Waals surface area contributed by atoms with E-state index in [2.05, 4.69) is 0 Å². The molecule has 1 heterocycles. The fourth-order valence-corrected chi connectivity index (χ4v) is 2.48. The number of rotatable bonds is 4. The highest BCUT2D eigenvalue weighted by Crippen LogP contribution is 2.25. The normalized spacial score (nSPS) is 15.2. The van der Waals surface area contributed by atoms with Crippen molar-refractivity contribution in [1.82, 2.24) is 4.90 Å². The number of primary amides is 1. The second kappa shape index (κ2) is 6.38. The van der Waals surface area contributed by atoms with Gasteiger partial charge in [-0.25, -0.2) is 0 Å². The Bertz CT molecular complexity index is 649. The van der Waals surface area contributed by atoms with E-state index in [9.17, 15) is 29.8 Å². The first kappa shape index (κ1) is 16.3. The lowest BCUT2D eigenvalue weighted by Crippen LogP contribution is -2.41. The molecule has 0 aliphatic carbocycles. The van der Waals surface area contributed by atoms with Crippen LogP contribution in [0.4, 0.5) is 11.4 Å². The first-order valence-corrected chi connectivity index (χ1v) is 6.82. The van der Waals surface area contributed by atoms with E-state index in [-0.39, 0.29) is 24.6 Å². The quantitative estimate of drug-likeness (QED) is 0.641. The third-order valence-corrected chi connectivity index (χ3v) is 3.76. The molecule has 1 aromatic carbocycles. The molecule has 10 nitrogen and oxygen atoms in total. The van der Waals surface area contributed by atoms with Crippen LogP contribution in [0.5, 0.6) is 0 Å². The lowest BCUT2D eigenvalue weighted by atomic mass is 9.96. The smallest absolute Gasteiger partial charge is 0.277 e. The number of hydrogen-bond acceptors (Lipinski definition) is 6. The summed E-state index contributed by atoms with van der Waals surface area (Å²) >= 11 is 0. The highest BCUT2D eigenvalue weighted by atomic mass is 16.6. The Labute approximate surface area is 130 Å². The number of benzene rings is 1. The maximum atomic E-state index is 12.4. The van der Waals surface area contributed by atoms with Crippen LogP contribution in [0, 0.1) is 26.1 Å². The van der Waals surface area contributed by atoms with Crippen LogP contribution in [0.3, 0.4) is 0 Å². The zero-order valence-corrected chi connectivity index (χ0v) is 12.0. The highest BCUT2D eigenvalue weighted by Gasteiger charge is 2.28. The first-order valence-electron chi connectivity index (χ1n) is 6.82. The van der Waals surface area contributed by atoms with Gasteiger partial charge in [-0.3, -0.25) is 29.8 Å². The molecule has 23 heavy (non-hydrogen) atoms. The molecule has 122 valence electrons. The van der Waals surface area contributed by atoms with E-state index in [1.54, 1.807) is 0 Å². The Morgan fingerprint density at radius 1 is 1.04 bits per heavy atom. The minimum absolute atomic E-state index is 0.122. The van der Waals surface area contributed by atoms with Gasteiger partial charge in [0.25, 0.3) is 17.3 Å². The van der Waals surface area contributed by atoms with Gasteiger partial charge in [0.05, 0.1) is 21.5 Å². The van der Waals surface area contributed by atoms with Gasteiger partial charge < -0.3 is 10.6 Å². The van der Waals surface area contributed by atoms with Crippen LogP contribution in [0.1, 0.15) is 23.2 Å². The maximum absolute atomic E-state index is 12.4. The lowest BCUT2D eigenvalue weighted by molar-refractivity contribution is -0.394. The SMILES string of the molecule is NC(=O)C1CCN(C(=O)c2cc([N+](=O)[O-])cc([N+](=O)[O-])c2)CC1. The van der Waals surface area contributed by atoms with E-state index in [0.29, 0.717) is 12.8 Å². The van der Waals surface area contributed by atoms with Crippen LogP contribution < -0.4 is 5.73 Å². The molecule has 0 saturated carbocycles. The average molecular weight is 322 g/mol. The summed E-state index contributed by atoms with van der Waals surface area (Å²) in [5, 5.41) is 21.7. The number of nitro benzene ring substituents is 2. The minimum Gasteiger partial charge on any atom is -0.369 e. The molecule has 0 atom stereocenters. The topological polar surface area (TPSA) is 150 Å². The van der Waals surface area contributed by atoms with Gasteiger partial charge in [-0.15, -0.1) is 0 Å². The van der Waals surface area contributed by atoms with Crippen LogP contribution in [0.2, 0.25) is 0 Å². The molecule has 2 N–H and O–H groups in total. The standard InChI is InChI=1S/C13H14N4O6/c14-12(18)8-1-3-15(4-2-8)13(19)9-5-10(16(20)21)7-11(6-9)17(22)23/h5-8H,1-4H2,(H2,14,18). The van der Waals surface area contributed by atoms with E-state index < -0.39 is 33.0 Å². The number of nitro groups is 2. The Morgan fingerprint density at radius 2 is 1.52 bits per heavy atom. The molecule has 10 heteroatoms. The Hall–Kier alpha value is -3.04. The predicted molar refractivity (Wildman–Crippen MR) is 77.6 cm³/mol. The first-order chi connectivity index (χ1) is 10.8. The zero-order chi connectivity index (χ0) is 17.1. The van der Waals surface area contributed by atoms with Gasteiger partial charge in [0.15, 0.2) is 0 Å². The summed E-state index contributed by atoms with van der Waals surface area (Å²) in [6, 6.07) is 2.82. The number of amides is 2. The van der Waals surface area contributed by atoms with Crippen LogP contribution in [0.25, 0.3) is 0 Å². The summed E-state index contributed by atoms with van der Waals surface area (Å²) in [6.45, 7) is 0.534. The Morgan fingerprint density at radius 3 is 1.91 bits per heavy atom. The number of piperidine rings is 1. The summed E-state index contributed by atoms with van der Waals surface area (Å²) < 4.78 is 0. The number of carbonyl (C=O) groups is 2. The van der Waals surface area contributed by atoms with Gasteiger partial charge in [-0.05, 0) is 12.8 Å². The molecule has 1 fully saturated rings.